The summed E-state index contributed by atoms with van der Waals surface area (Å²) in [5.74, 6) is -2.85. The summed E-state index contributed by atoms with van der Waals surface area (Å²) in [6, 6.07) is 6.35. The Bertz CT molecular complexity index is 1580. The molecule has 5 atom stereocenters. The van der Waals surface area contributed by atoms with Crippen LogP contribution >= 0.6 is 0 Å². The smallest absolute Gasteiger partial charge is 0.246 e. The van der Waals surface area contributed by atoms with E-state index in [2.05, 4.69) is 34.4 Å². The number of amides is 4. The Hall–Kier alpha value is -3.64. The minimum Gasteiger partial charge on any atom is -0.370 e. The first-order valence-corrected chi connectivity index (χ1v) is 25.6. The molecule has 0 radical (unpaired) electrons. The lowest BCUT2D eigenvalue weighted by atomic mass is 9.91. The Morgan fingerprint density at radius 1 is 0.719 bits per heavy atom. The molecule has 0 aromatic heterocycles. The van der Waals surface area contributed by atoms with Gasteiger partial charge in [-0.1, -0.05) is 133 Å². The number of likely N-dealkylation sites (N-methyl/N-ethyl adjacent to an activating group) is 1. The van der Waals surface area contributed by atoms with Gasteiger partial charge in [-0.25, -0.2) is 0 Å². The van der Waals surface area contributed by atoms with Crippen molar-refractivity contribution in [3.8, 4) is 0 Å². The van der Waals surface area contributed by atoms with Crippen molar-refractivity contribution in [3.05, 3.63) is 35.4 Å². The lowest BCUT2D eigenvalue weighted by Crippen LogP contribution is -2.56. The van der Waals surface area contributed by atoms with E-state index in [1.807, 2.05) is 31.2 Å². The Morgan fingerprint density at radius 3 is 1.95 bits per heavy atom. The Kier molecular flexibility index (Phi) is 24.7. The van der Waals surface area contributed by atoms with E-state index in [1.54, 1.807) is 4.90 Å². The van der Waals surface area contributed by atoms with Gasteiger partial charge in [0, 0.05) is 82.8 Å². The molecule has 4 amide bonds. The molecule has 3 heterocycles. The summed E-state index contributed by atoms with van der Waals surface area (Å²) < 4.78 is 0. The number of unbranched alkanes of at least 4 members (excludes halogenated alkanes) is 13. The van der Waals surface area contributed by atoms with Crippen molar-refractivity contribution < 1.29 is 28.8 Å². The number of Topliss-reactive ketones (excluding diaryl/α,β-unsaturated/α-hetero) is 2. The summed E-state index contributed by atoms with van der Waals surface area (Å²) in [7, 11) is 2.10. The minimum absolute atomic E-state index is 0.00359. The molecule has 3 aliphatic heterocycles. The van der Waals surface area contributed by atoms with Crippen LogP contribution < -0.4 is 16.4 Å². The van der Waals surface area contributed by atoms with Crippen molar-refractivity contribution in [2.45, 2.75) is 199 Å². The highest BCUT2D eigenvalue weighted by atomic mass is 16.2. The molecule has 360 valence electrons. The van der Waals surface area contributed by atoms with Crippen LogP contribution in [0.3, 0.4) is 0 Å². The lowest BCUT2D eigenvalue weighted by molar-refractivity contribution is -0.144. The molecule has 64 heavy (non-hydrogen) atoms. The minimum atomic E-state index is -0.816. The first-order chi connectivity index (χ1) is 30.9. The van der Waals surface area contributed by atoms with Gasteiger partial charge < -0.3 is 31.1 Å². The van der Waals surface area contributed by atoms with Gasteiger partial charge in [-0.3, -0.25) is 28.8 Å². The molecule has 4 N–H and O–H groups in total. The molecule has 3 fully saturated rings. The largest absolute Gasteiger partial charge is 0.370 e. The fraction of sp³-hybridized carbons (Fsp3) is 0.769. The van der Waals surface area contributed by atoms with Gasteiger partial charge in [-0.05, 0) is 64.5 Å². The molecule has 12 heteroatoms. The second-order valence-electron chi connectivity index (χ2n) is 19.6. The van der Waals surface area contributed by atoms with Gasteiger partial charge in [0.1, 0.15) is 11.8 Å². The Labute approximate surface area is 386 Å². The van der Waals surface area contributed by atoms with E-state index in [0.717, 1.165) is 75.8 Å². The number of carbonyl (C=O) groups excluding carboxylic acids is 6. The highest BCUT2D eigenvalue weighted by molar-refractivity contribution is 5.96. The maximum Gasteiger partial charge on any atom is 0.246 e. The molecule has 12 nitrogen and oxygen atoms in total. The van der Waals surface area contributed by atoms with Gasteiger partial charge in [-0.2, -0.15) is 0 Å². The number of hydrogen-bond donors (Lipinski definition) is 3. The molecule has 1 aromatic rings. The van der Waals surface area contributed by atoms with E-state index in [-0.39, 0.29) is 61.0 Å². The Balaban J connectivity index is 1.30. The number of nitrogens with two attached hydrogens (primary N) is 1. The van der Waals surface area contributed by atoms with Crippen LogP contribution in [0.15, 0.2) is 24.3 Å². The number of primary amides is 1. The van der Waals surface area contributed by atoms with Crippen molar-refractivity contribution in [1.82, 2.24) is 25.3 Å². The highest BCUT2D eigenvalue weighted by Crippen LogP contribution is 2.33. The Morgan fingerprint density at radius 2 is 1.33 bits per heavy atom. The molecule has 0 saturated carbocycles. The molecule has 3 aliphatic rings. The van der Waals surface area contributed by atoms with E-state index in [9.17, 15) is 28.8 Å². The number of ketones is 2. The third-order valence-corrected chi connectivity index (χ3v) is 14.2. The third-order valence-electron chi connectivity index (χ3n) is 14.2. The molecule has 0 bridgehead atoms. The topological polar surface area (TPSA) is 162 Å². The van der Waals surface area contributed by atoms with Gasteiger partial charge in [0.25, 0.3) is 0 Å². The molecule has 1 aromatic carbocycles. The van der Waals surface area contributed by atoms with Crippen molar-refractivity contribution in [2.75, 3.05) is 46.3 Å². The summed E-state index contributed by atoms with van der Waals surface area (Å²) >= 11 is 0. The van der Waals surface area contributed by atoms with Crippen LogP contribution in [-0.2, 0) is 35.2 Å². The van der Waals surface area contributed by atoms with Crippen LogP contribution in [0.25, 0.3) is 0 Å². The molecule has 0 spiro atoms. The third kappa shape index (κ3) is 19.4. The van der Waals surface area contributed by atoms with Crippen LogP contribution in [0.4, 0.5) is 0 Å². The standard InChI is InChI=1S/C52H86N6O6/c1-4-5-6-7-8-9-10-11-12-13-14-15-16-19-31-54-50(62)42(26-29-49(53)61)39-48(60)47-28-27-44-20-17-18-21-46(52(64)58(44)47)55-51(63)43(37-41-24-22-40(2)23-25-41)38-45(59)30-32-57-35-33-56(3)34-36-57/h22-25,42-44,46-47H,4-21,26-39H2,1-3H3,(H2,53,61)(H,54,62)(H,55,63)/t42-,43-,44+,46+,47+/m1/s1. The van der Waals surface area contributed by atoms with E-state index in [4.69, 9.17) is 5.73 Å². The number of piperazine rings is 1. The number of nitrogens with one attached hydrogen (secondary N) is 2. The average Bonchev–Trinajstić information content (AvgIpc) is 3.70. The summed E-state index contributed by atoms with van der Waals surface area (Å²) in [5.41, 5.74) is 7.57. The number of aryl methyl sites for hydroxylation is 1. The molecule has 3 saturated heterocycles. The quantitative estimate of drug-likeness (QED) is 0.0643. The van der Waals surface area contributed by atoms with Crippen molar-refractivity contribution in [2.24, 2.45) is 17.6 Å². The van der Waals surface area contributed by atoms with E-state index in [1.165, 1.54) is 70.6 Å². The maximum atomic E-state index is 14.5. The molecule has 0 aliphatic carbocycles. The molecule has 4 rings (SSSR count). The fourth-order valence-electron chi connectivity index (χ4n) is 9.97. The predicted molar refractivity (Wildman–Crippen MR) is 255 cm³/mol. The second-order valence-corrected chi connectivity index (χ2v) is 19.6. The first kappa shape index (κ1) is 53.0. The number of fused-ring (bicyclic) bond motifs is 1. The fourth-order valence-corrected chi connectivity index (χ4v) is 9.97. The average molecular weight is 891 g/mol. The number of carbonyl (C=O) groups is 6. The molecular weight excluding hydrogens is 805 g/mol. The highest BCUT2D eigenvalue weighted by Gasteiger charge is 2.44. The van der Waals surface area contributed by atoms with E-state index in [0.29, 0.717) is 45.2 Å². The monoisotopic (exact) mass is 891 g/mol. The normalized spacial score (nSPS) is 20.5. The van der Waals surface area contributed by atoms with Gasteiger partial charge in [0.2, 0.25) is 23.6 Å². The van der Waals surface area contributed by atoms with Gasteiger partial charge in [0.15, 0.2) is 5.78 Å². The molecular formula is C52H86N6O6. The summed E-state index contributed by atoms with van der Waals surface area (Å²) in [6.45, 7) is 9.23. The van der Waals surface area contributed by atoms with Crippen molar-refractivity contribution >= 4 is 35.2 Å². The summed E-state index contributed by atoms with van der Waals surface area (Å²) in [6.07, 6.45) is 22.5. The van der Waals surface area contributed by atoms with Crippen molar-refractivity contribution in [3.63, 3.8) is 0 Å². The summed E-state index contributed by atoms with van der Waals surface area (Å²) in [4.78, 5) is 88.0. The van der Waals surface area contributed by atoms with E-state index < -0.39 is 29.8 Å². The predicted octanol–water partition coefficient (Wildman–Crippen LogP) is 7.61. The second kappa shape index (κ2) is 29.8. The van der Waals surface area contributed by atoms with Crippen LogP contribution in [-0.4, -0.2) is 114 Å². The number of nitrogens with zero attached hydrogens (tertiary/aromatic N) is 3. The van der Waals surface area contributed by atoms with Crippen LogP contribution in [0.2, 0.25) is 0 Å². The van der Waals surface area contributed by atoms with Crippen LogP contribution in [0, 0.1) is 18.8 Å². The number of benzene rings is 1. The first-order valence-electron chi connectivity index (χ1n) is 25.6. The number of hydrogen-bond acceptors (Lipinski definition) is 8. The maximum absolute atomic E-state index is 14.5. The zero-order valence-electron chi connectivity index (χ0n) is 40.2. The summed E-state index contributed by atoms with van der Waals surface area (Å²) in [5, 5.41) is 6.11. The molecule has 0 unspecified atom stereocenters. The van der Waals surface area contributed by atoms with Crippen molar-refractivity contribution in [1.29, 1.82) is 0 Å². The zero-order chi connectivity index (χ0) is 46.1. The van der Waals surface area contributed by atoms with Gasteiger partial charge in [0.05, 0.1) is 6.04 Å². The van der Waals surface area contributed by atoms with Gasteiger partial charge >= 0.3 is 0 Å². The van der Waals surface area contributed by atoms with E-state index >= 15 is 0 Å². The number of rotatable bonds is 31. The van der Waals surface area contributed by atoms with Crippen LogP contribution in [0.5, 0.6) is 0 Å². The van der Waals surface area contributed by atoms with Gasteiger partial charge in [-0.15, -0.1) is 0 Å². The lowest BCUT2D eigenvalue weighted by Gasteiger charge is -2.36. The van der Waals surface area contributed by atoms with Crippen LogP contribution in [0.1, 0.15) is 179 Å². The zero-order valence-corrected chi connectivity index (χ0v) is 40.2. The SMILES string of the molecule is CCCCCCCCCCCCCCCCNC(=O)[C@H](CCC(N)=O)CC(=O)[C@@H]1CC[C@@H]2CCCC[C@H](NC(=O)[C@@H](CC(=O)CCN3CCN(C)CC3)Cc3ccc(C)cc3)C(=O)N21.